The molecule has 0 radical (unpaired) electrons. The van der Waals surface area contributed by atoms with Crippen molar-refractivity contribution in [3.63, 3.8) is 0 Å². The molecule has 1 aromatic rings. The highest BCUT2D eigenvalue weighted by molar-refractivity contribution is 6.32. The molecule has 0 heterocycles. The quantitative estimate of drug-likeness (QED) is 0.638. The lowest BCUT2D eigenvalue weighted by Crippen LogP contribution is -1.97. The molecule has 0 aliphatic rings. The lowest BCUT2D eigenvalue weighted by molar-refractivity contribution is 0.327. The Morgan fingerprint density at radius 2 is 2.13 bits per heavy atom. The van der Waals surface area contributed by atoms with Gasteiger partial charge in [0.25, 0.3) is 0 Å². The van der Waals surface area contributed by atoms with Gasteiger partial charge in [-0.25, -0.2) is 0 Å². The molecule has 0 aliphatic heterocycles. The number of hydrogen-bond acceptors (Lipinski definition) is 2. The van der Waals surface area contributed by atoms with Gasteiger partial charge in [-0.2, -0.15) is 0 Å². The molecule has 0 spiro atoms. The maximum atomic E-state index is 7.36. The van der Waals surface area contributed by atoms with Gasteiger partial charge in [-0.05, 0) is 24.6 Å². The van der Waals surface area contributed by atoms with Crippen molar-refractivity contribution in [2.24, 2.45) is 0 Å². The van der Waals surface area contributed by atoms with Crippen LogP contribution in [0, 0.1) is 5.41 Å². The van der Waals surface area contributed by atoms with E-state index in [-0.39, 0.29) is 18.3 Å². The Labute approximate surface area is 101 Å². The molecule has 1 aromatic carbocycles. The SMILES string of the molecule is CCOC(=N)/C=C/c1ccccc1Cl.Cl. The summed E-state index contributed by atoms with van der Waals surface area (Å²) >= 11 is 5.92. The van der Waals surface area contributed by atoms with Crippen molar-refractivity contribution < 1.29 is 4.74 Å². The molecule has 82 valence electrons. The lowest BCUT2D eigenvalue weighted by Gasteiger charge is -1.99. The van der Waals surface area contributed by atoms with Gasteiger partial charge in [0.15, 0.2) is 0 Å². The van der Waals surface area contributed by atoms with Crippen molar-refractivity contribution in [1.29, 1.82) is 5.41 Å². The van der Waals surface area contributed by atoms with Crippen LogP contribution >= 0.6 is 24.0 Å². The van der Waals surface area contributed by atoms with Gasteiger partial charge in [0, 0.05) is 11.1 Å². The molecular weight excluding hydrogens is 233 g/mol. The van der Waals surface area contributed by atoms with Crippen molar-refractivity contribution in [2.75, 3.05) is 6.61 Å². The van der Waals surface area contributed by atoms with Gasteiger partial charge in [-0.1, -0.05) is 29.8 Å². The average molecular weight is 246 g/mol. The fourth-order valence-corrected chi connectivity index (χ4v) is 1.18. The zero-order valence-corrected chi connectivity index (χ0v) is 9.94. The molecule has 1 N–H and O–H groups in total. The predicted octanol–water partition coefficient (Wildman–Crippen LogP) is 3.79. The highest BCUT2D eigenvalue weighted by atomic mass is 35.5. The Balaban J connectivity index is 0.00000196. The smallest absolute Gasteiger partial charge is 0.205 e. The van der Waals surface area contributed by atoms with Crippen LogP contribution in [-0.2, 0) is 4.74 Å². The minimum absolute atomic E-state index is 0. The van der Waals surface area contributed by atoms with Crippen LogP contribution in [-0.4, -0.2) is 12.5 Å². The highest BCUT2D eigenvalue weighted by Crippen LogP contribution is 2.16. The molecule has 15 heavy (non-hydrogen) atoms. The van der Waals surface area contributed by atoms with Crippen LogP contribution in [0.4, 0.5) is 0 Å². The zero-order valence-electron chi connectivity index (χ0n) is 8.37. The van der Waals surface area contributed by atoms with Crippen LogP contribution in [0.25, 0.3) is 6.08 Å². The Hall–Kier alpha value is -0.990. The molecule has 0 aromatic heterocycles. The average Bonchev–Trinajstić information content (AvgIpc) is 2.17. The van der Waals surface area contributed by atoms with Crippen molar-refractivity contribution in [2.45, 2.75) is 6.92 Å². The first kappa shape index (κ1) is 14.0. The summed E-state index contributed by atoms with van der Waals surface area (Å²) in [5.74, 6) is 0.146. The topological polar surface area (TPSA) is 33.1 Å². The molecule has 0 aliphatic carbocycles. The van der Waals surface area contributed by atoms with Gasteiger partial charge in [0.2, 0.25) is 5.90 Å². The maximum absolute atomic E-state index is 7.36. The van der Waals surface area contributed by atoms with Crippen LogP contribution in [0.3, 0.4) is 0 Å². The molecule has 0 unspecified atom stereocenters. The van der Waals surface area contributed by atoms with E-state index >= 15 is 0 Å². The summed E-state index contributed by atoms with van der Waals surface area (Å²) in [5.41, 5.74) is 0.888. The Kier molecular flexibility index (Phi) is 6.84. The second-order valence-corrected chi connectivity index (χ2v) is 3.06. The standard InChI is InChI=1S/C11H12ClNO.ClH/c1-2-14-11(13)8-7-9-5-3-4-6-10(9)12;/h3-8,13H,2H2,1H3;1H/b8-7+,13-11?;. The molecule has 0 bridgehead atoms. The normalized spacial score (nSPS) is 9.73. The first-order valence-corrected chi connectivity index (χ1v) is 4.75. The minimum Gasteiger partial charge on any atom is -0.478 e. The van der Waals surface area contributed by atoms with Gasteiger partial charge in [-0.3, -0.25) is 5.41 Å². The summed E-state index contributed by atoms with van der Waals surface area (Å²) in [7, 11) is 0. The van der Waals surface area contributed by atoms with Crippen LogP contribution in [0.2, 0.25) is 5.02 Å². The summed E-state index contributed by atoms with van der Waals surface area (Å²) in [6.07, 6.45) is 3.35. The van der Waals surface area contributed by atoms with E-state index in [1.165, 1.54) is 0 Å². The van der Waals surface area contributed by atoms with E-state index in [1.54, 1.807) is 12.2 Å². The van der Waals surface area contributed by atoms with Crippen molar-refractivity contribution in [1.82, 2.24) is 0 Å². The van der Waals surface area contributed by atoms with E-state index in [0.29, 0.717) is 11.6 Å². The fourth-order valence-electron chi connectivity index (χ4n) is 0.979. The summed E-state index contributed by atoms with van der Waals surface area (Å²) in [6.45, 7) is 2.35. The van der Waals surface area contributed by atoms with E-state index in [2.05, 4.69) is 0 Å². The van der Waals surface area contributed by atoms with Crippen molar-refractivity contribution in [3.8, 4) is 0 Å². The van der Waals surface area contributed by atoms with Gasteiger partial charge >= 0.3 is 0 Å². The minimum atomic E-state index is 0. The number of ether oxygens (including phenoxy) is 1. The van der Waals surface area contributed by atoms with Gasteiger partial charge < -0.3 is 4.74 Å². The molecule has 0 amide bonds. The van der Waals surface area contributed by atoms with Gasteiger partial charge in [0.05, 0.1) is 6.61 Å². The van der Waals surface area contributed by atoms with Crippen molar-refractivity contribution >= 4 is 36.0 Å². The van der Waals surface area contributed by atoms with E-state index in [1.807, 2.05) is 31.2 Å². The fraction of sp³-hybridized carbons (Fsp3) is 0.182. The van der Waals surface area contributed by atoms with Crippen LogP contribution in [0.1, 0.15) is 12.5 Å². The highest BCUT2D eigenvalue weighted by Gasteiger charge is 1.94. The largest absolute Gasteiger partial charge is 0.478 e. The summed E-state index contributed by atoms with van der Waals surface area (Å²) in [5, 5.41) is 8.03. The molecular formula is C11H13Cl2NO. The molecule has 0 saturated heterocycles. The first-order valence-electron chi connectivity index (χ1n) is 4.38. The molecule has 0 atom stereocenters. The van der Waals surface area contributed by atoms with Crippen LogP contribution in [0.5, 0.6) is 0 Å². The van der Waals surface area contributed by atoms with E-state index in [9.17, 15) is 0 Å². The lowest BCUT2D eigenvalue weighted by atomic mass is 10.2. The third-order valence-corrected chi connectivity index (χ3v) is 1.96. The predicted molar refractivity (Wildman–Crippen MR) is 67.1 cm³/mol. The van der Waals surface area contributed by atoms with Gasteiger partial charge in [0.1, 0.15) is 0 Å². The Bertz CT molecular complexity index is 350. The first-order chi connectivity index (χ1) is 6.74. The second-order valence-electron chi connectivity index (χ2n) is 2.65. The van der Waals surface area contributed by atoms with Crippen LogP contribution < -0.4 is 0 Å². The van der Waals surface area contributed by atoms with E-state index in [4.69, 9.17) is 21.7 Å². The summed E-state index contributed by atoms with van der Waals surface area (Å²) in [6, 6.07) is 7.47. The monoisotopic (exact) mass is 245 g/mol. The van der Waals surface area contributed by atoms with Gasteiger partial charge in [-0.15, -0.1) is 12.4 Å². The van der Waals surface area contributed by atoms with E-state index in [0.717, 1.165) is 5.56 Å². The van der Waals surface area contributed by atoms with Crippen molar-refractivity contribution in [3.05, 3.63) is 40.9 Å². The number of benzene rings is 1. The third kappa shape index (κ3) is 4.86. The van der Waals surface area contributed by atoms with E-state index < -0.39 is 0 Å². The molecule has 4 heteroatoms. The molecule has 2 nitrogen and oxygen atoms in total. The molecule has 1 rings (SSSR count). The third-order valence-electron chi connectivity index (χ3n) is 1.62. The molecule has 0 saturated carbocycles. The number of hydrogen-bond donors (Lipinski definition) is 1. The summed E-state index contributed by atoms with van der Waals surface area (Å²) in [4.78, 5) is 0. The Morgan fingerprint density at radius 1 is 1.47 bits per heavy atom. The number of nitrogens with one attached hydrogen (secondary N) is 1. The zero-order chi connectivity index (χ0) is 10.4. The second kappa shape index (κ2) is 7.32. The maximum Gasteiger partial charge on any atom is 0.205 e. The van der Waals surface area contributed by atoms with Crippen LogP contribution in [0.15, 0.2) is 30.3 Å². The Morgan fingerprint density at radius 3 is 2.73 bits per heavy atom. The molecule has 0 fully saturated rings. The number of halogens is 2. The number of rotatable bonds is 3. The summed E-state index contributed by atoms with van der Waals surface area (Å²) < 4.78 is 4.96.